The fraction of sp³-hybridized carbons (Fsp3) is 0.273. The fourth-order valence-electron chi connectivity index (χ4n) is 3.37. The summed E-state index contributed by atoms with van der Waals surface area (Å²) in [6.45, 7) is 8.82. The molecular weight excluding hydrogens is 278 g/mol. The molecule has 0 N–H and O–H groups in total. The highest BCUT2D eigenvalue weighted by Gasteiger charge is 2.20. The molecule has 0 saturated carbocycles. The zero-order valence-corrected chi connectivity index (χ0v) is 14.7. The van der Waals surface area contributed by atoms with Crippen molar-refractivity contribution in [2.75, 3.05) is 7.05 Å². The third-order valence-corrected chi connectivity index (χ3v) is 4.88. The molecule has 118 valence electrons. The van der Waals surface area contributed by atoms with Crippen molar-refractivity contribution in [3.63, 3.8) is 0 Å². The number of hydrogen-bond donors (Lipinski definition) is 0. The van der Waals surface area contributed by atoms with E-state index in [0.717, 1.165) is 0 Å². The number of nitrogens with zero attached hydrogens (tertiary/aromatic N) is 1. The lowest BCUT2D eigenvalue weighted by atomic mass is 9.89. The van der Waals surface area contributed by atoms with Crippen LogP contribution in [-0.4, -0.2) is 11.9 Å². The predicted octanol–water partition coefficient (Wildman–Crippen LogP) is 5.81. The Kier molecular flexibility index (Phi) is 4.12. The average molecular weight is 303 g/mol. The molecule has 1 heterocycles. The fourth-order valence-corrected chi connectivity index (χ4v) is 3.37. The third-order valence-electron chi connectivity index (χ3n) is 4.88. The number of rotatable bonds is 2. The van der Waals surface area contributed by atoms with Crippen molar-refractivity contribution in [3.05, 3.63) is 82.6 Å². The second-order valence-electron chi connectivity index (χ2n) is 6.66. The van der Waals surface area contributed by atoms with Crippen molar-refractivity contribution in [2.24, 2.45) is 0 Å². The van der Waals surface area contributed by atoms with Crippen molar-refractivity contribution in [1.29, 1.82) is 0 Å². The standard InChI is InChI=1S/C22H25N/c1-15-13-22(23(5)14-18(15)4)21-12-16(2)20(11-17(21)3)19-9-7-6-8-10-19/h6-14,22H,1-5H3. The highest BCUT2D eigenvalue weighted by atomic mass is 15.1. The molecule has 0 spiro atoms. The van der Waals surface area contributed by atoms with E-state index in [9.17, 15) is 0 Å². The van der Waals surface area contributed by atoms with Gasteiger partial charge in [-0.1, -0.05) is 48.5 Å². The summed E-state index contributed by atoms with van der Waals surface area (Å²) >= 11 is 0. The lowest BCUT2D eigenvalue weighted by Gasteiger charge is -2.31. The van der Waals surface area contributed by atoms with Crippen LogP contribution in [0.15, 0.2) is 65.9 Å². The number of allylic oxidation sites excluding steroid dienone is 2. The number of hydrogen-bond acceptors (Lipinski definition) is 1. The minimum absolute atomic E-state index is 0.322. The summed E-state index contributed by atoms with van der Waals surface area (Å²) in [5.74, 6) is 0. The SMILES string of the molecule is CC1=CC(c2cc(C)c(-c3ccccc3)cc2C)N(C)C=C1C. The van der Waals surface area contributed by atoms with Crippen LogP contribution < -0.4 is 0 Å². The first-order valence-electron chi connectivity index (χ1n) is 8.23. The molecule has 1 atom stereocenters. The van der Waals surface area contributed by atoms with Gasteiger partial charge < -0.3 is 4.90 Å². The van der Waals surface area contributed by atoms with Gasteiger partial charge in [-0.25, -0.2) is 0 Å². The molecule has 0 aromatic heterocycles. The van der Waals surface area contributed by atoms with Crippen LogP contribution in [0.2, 0.25) is 0 Å². The van der Waals surface area contributed by atoms with Crippen molar-refractivity contribution in [3.8, 4) is 11.1 Å². The molecule has 1 heteroatoms. The maximum absolute atomic E-state index is 2.37. The van der Waals surface area contributed by atoms with E-state index in [1.807, 2.05) is 0 Å². The van der Waals surface area contributed by atoms with Crippen LogP contribution in [-0.2, 0) is 0 Å². The summed E-state index contributed by atoms with van der Waals surface area (Å²) in [5, 5.41) is 0. The summed E-state index contributed by atoms with van der Waals surface area (Å²) in [5.41, 5.74) is 9.42. The highest BCUT2D eigenvalue weighted by Crippen LogP contribution is 2.35. The summed E-state index contributed by atoms with van der Waals surface area (Å²) in [6.07, 6.45) is 4.62. The third kappa shape index (κ3) is 2.96. The van der Waals surface area contributed by atoms with E-state index in [-0.39, 0.29) is 0 Å². The zero-order valence-electron chi connectivity index (χ0n) is 14.7. The molecule has 2 aromatic rings. The first-order chi connectivity index (χ1) is 11.0. The van der Waals surface area contributed by atoms with Crippen molar-refractivity contribution < 1.29 is 0 Å². The molecule has 1 aliphatic rings. The minimum Gasteiger partial charge on any atom is -0.370 e. The van der Waals surface area contributed by atoms with Gasteiger partial charge in [0.05, 0.1) is 6.04 Å². The van der Waals surface area contributed by atoms with Crippen LogP contribution in [0.25, 0.3) is 11.1 Å². The molecule has 0 aliphatic carbocycles. The molecule has 23 heavy (non-hydrogen) atoms. The van der Waals surface area contributed by atoms with Gasteiger partial charge in [-0.3, -0.25) is 0 Å². The van der Waals surface area contributed by atoms with Crippen molar-refractivity contribution >= 4 is 0 Å². The lowest BCUT2D eigenvalue weighted by Crippen LogP contribution is -2.22. The Morgan fingerprint density at radius 1 is 0.826 bits per heavy atom. The van der Waals surface area contributed by atoms with Crippen LogP contribution in [0.1, 0.15) is 36.6 Å². The van der Waals surface area contributed by atoms with Gasteiger partial charge in [0, 0.05) is 13.2 Å². The van der Waals surface area contributed by atoms with Gasteiger partial charge in [0.25, 0.3) is 0 Å². The summed E-state index contributed by atoms with van der Waals surface area (Å²) in [4.78, 5) is 2.31. The topological polar surface area (TPSA) is 3.24 Å². The molecule has 0 saturated heterocycles. The Hall–Kier alpha value is -2.28. The maximum Gasteiger partial charge on any atom is 0.0726 e. The van der Waals surface area contributed by atoms with Crippen LogP contribution in [0.5, 0.6) is 0 Å². The average Bonchev–Trinajstić information content (AvgIpc) is 2.54. The minimum atomic E-state index is 0.322. The Morgan fingerprint density at radius 3 is 2.22 bits per heavy atom. The molecule has 0 fully saturated rings. The molecule has 0 amide bonds. The number of benzene rings is 2. The monoisotopic (exact) mass is 303 g/mol. The van der Waals surface area contributed by atoms with E-state index < -0.39 is 0 Å². The van der Waals surface area contributed by atoms with Gasteiger partial charge in [-0.05, 0) is 66.7 Å². The molecule has 0 radical (unpaired) electrons. The quantitative estimate of drug-likeness (QED) is 0.677. The van der Waals surface area contributed by atoms with Gasteiger partial charge in [0.1, 0.15) is 0 Å². The number of aryl methyl sites for hydroxylation is 2. The maximum atomic E-state index is 2.37. The predicted molar refractivity (Wildman–Crippen MR) is 99.4 cm³/mol. The smallest absolute Gasteiger partial charge is 0.0726 e. The van der Waals surface area contributed by atoms with Crippen LogP contribution in [0, 0.1) is 13.8 Å². The van der Waals surface area contributed by atoms with E-state index in [4.69, 9.17) is 0 Å². The molecule has 3 rings (SSSR count). The second kappa shape index (κ2) is 6.08. The van der Waals surface area contributed by atoms with Crippen molar-refractivity contribution in [2.45, 2.75) is 33.7 Å². The Labute approximate surface area is 140 Å². The summed E-state index contributed by atoms with van der Waals surface area (Å²) in [7, 11) is 2.16. The normalized spacial score (nSPS) is 17.8. The van der Waals surface area contributed by atoms with E-state index in [2.05, 4.69) is 94.4 Å². The van der Waals surface area contributed by atoms with Gasteiger partial charge >= 0.3 is 0 Å². The largest absolute Gasteiger partial charge is 0.370 e. The first-order valence-corrected chi connectivity index (χ1v) is 8.23. The second-order valence-corrected chi connectivity index (χ2v) is 6.66. The molecule has 1 unspecified atom stereocenters. The Balaban J connectivity index is 2.05. The zero-order chi connectivity index (χ0) is 16.6. The molecule has 0 bridgehead atoms. The lowest BCUT2D eigenvalue weighted by molar-refractivity contribution is 0.382. The molecular formula is C22H25N. The van der Waals surface area contributed by atoms with Crippen LogP contribution >= 0.6 is 0 Å². The number of likely N-dealkylation sites (N-methyl/N-ethyl adjacent to an activating group) is 1. The van der Waals surface area contributed by atoms with Crippen LogP contribution in [0.4, 0.5) is 0 Å². The Morgan fingerprint density at radius 2 is 1.52 bits per heavy atom. The van der Waals surface area contributed by atoms with Gasteiger partial charge in [0.15, 0.2) is 0 Å². The molecule has 1 aliphatic heterocycles. The highest BCUT2D eigenvalue weighted by molar-refractivity contribution is 5.69. The van der Waals surface area contributed by atoms with E-state index in [0.29, 0.717) is 6.04 Å². The Bertz CT molecular complexity index is 781. The van der Waals surface area contributed by atoms with E-state index in [1.54, 1.807) is 0 Å². The van der Waals surface area contributed by atoms with Crippen LogP contribution in [0.3, 0.4) is 0 Å². The van der Waals surface area contributed by atoms with E-state index >= 15 is 0 Å². The first kappa shape index (κ1) is 15.6. The van der Waals surface area contributed by atoms with E-state index in [1.165, 1.54) is 39.0 Å². The van der Waals surface area contributed by atoms with Gasteiger partial charge in [-0.2, -0.15) is 0 Å². The molecule has 1 nitrogen and oxygen atoms in total. The summed E-state index contributed by atoms with van der Waals surface area (Å²) in [6, 6.07) is 15.7. The van der Waals surface area contributed by atoms with Gasteiger partial charge in [-0.15, -0.1) is 0 Å². The van der Waals surface area contributed by atoms with Crippen molar-refractivity contribution in [1.82, 2.24) is 4.90 Å². The summed E-state index contributed by atoms with van der Waals surface area (Å²) < 4.78 is 0. The molecule has 2 aromatic carbocycles. The van der Waals surface area contributed by atoms with Gasteiger partial charge in [0.2, 0.25) is 0 Å².